The number of carboxylic acid groups (broad SMARTS) is 2. The molecule has 1 aliphatic rings. The zero-order valence-electron chi connectivity index (χ0n) is 16.7. The van der Waals surface area contributed by atoms with Gasteiger partial charge in [0, 0.05) is 35.8 Å². The van der Waals surface area contributed by atoms with Crippen LogP contribution >= 0.6 is 0 Å². The van der Waals surface area contributed by atoms with E-state index in [1.807, 2.05) is 12.1 Å². The second kappa shape index (κ2) is 11.5. The van der Waals surface area contributed by atoms with Crippen molar-refractivity contribution in [3.8, 4) is 5.75 Å². The van der Waals surface area contributed by atoms with Crippen molar-refractivity contribution in [2.45, 2.75) is 31.7 Å². The Bertz CT molecular complexity index is 905. The maximum absolute atomic E-state index is 9.55. The molecule has 0 aliphatic carbocycles. The standard InChI is InChI=1S/C16H23N5O.C4H4O4/c1-22-11-6-7-14-12(9-11)13(10-19-14)15-5-3-2-4-8-18-16(17)21-20-15;5-3(6)1-2-4(7)8/h6-7,9-10,15,19-20H,2-5,8H2,1H3,(H3,17,18,21);1-2H,(H,5,6)(H,7,8)/b;2-1-. The first-order chi connectivity index (χ1) is 14.4. The molecule has 1 atom stereocenters. The van der Waals surface area contributed by atoms with Gasteiger partial charge >= 0.3 is 11.9 Å². The molecule has 1 aromatic carbocycles. The minimum Gasteiger partial charge on any atom is -0.497 e. The summed E-state index contributed by atoms with van der Waals surface area (Å²) in [6.45, 7) is 0.787. The average molecular weight is 417 g/mol. The van der Waals surface area contributed by atoms with Gasteiger partial charge in [0.25, 0.3) is 0 Å². The second-order valence-electron chi connectivity index (χ2n) is 6.60. The number of nitrogens with zero attached hydrogens (tertiary/aromatic N) is 1. The van der Waals surface area contributed by atoms with E-state index in [0.29, 0.717) is 18.1 Å². The molecule has 10 heteroatoms. The summed E-state index contributed by atoms with van der Waals surface area (Å²) in [5.74, 6) is -1.20. The Labute approximate surface area is 173 Å². The van der Waals surface area contributed by atoms with Crippen LogP contribution in [0.3, 0.4) is 0 Å². The summed E-state index contributed by atoms with van der Waals surface area (Å²) in [6, 6.07) is 6.25. The highest BCUT2D eigenvalue weighted by Crippen LogP contribution is 2.30. The first-order valence-electron chi connectivity index (χ1n) is 9.51. The normalized spacial score (nSPS) is 17.4. The summed E-state index contributed by atoms with van der Waals surface area (Å²) in [5, 5.41) is 16.8. The van der Waals surface area contributed by atoms with Crippen molar-refractivity contribution in [2.24, 2.45) is 10.7 Å². The number of aliphatic carboxylic acids is 2. The Hall–Kier alpha value is -3.53. The van der Waals surface area contributed by atoms with Crippen LogP contribution in [0.4, 0.5) is 0 Å². The van der Waals surface area contributed by atoms with Crippen molar-refractivity contribution in [3.63, 3.8) is 0 Å². The second-order valence-corrected chi connectivity index (χ2v) is 6.60. The van der Waals surface area contributed by atoms with Gasteiger partial charge in [0.05, 0.1) is 13.2 Å². The van der Waals surface area contributed by atoms with Crippen molar-refractivity contribution < 1.29 is 24.5 Å². The van der Waals surface area contributed by atoms with E-state index in [1.165, 1.54) is 17.4 Å². The number of aromatic amines is 1. The third-order valence-corrected chi connectivity index (χ3v) is 4.47. The van der Waals surface area contributed by atoms with Gasteiger partial charge in [-0.3, -0.25) is 10.4 Å². The molecule has 2 aromatic rings. The molecule has 1 unspecified atom stereocenters. The van der Waals surface area contributed by atoms with Crippen LogP contribution in [0.1, 0.15) is 37.3 Å². The number of benzene rings is 1. The van der Waals surface area contributed by atoms with E-state index in [0.717, 1.165) is 37.1 Å². The van der Waals surface area contributed by atoms with Crippen LogP contribution in [0, 0.1) is 0 Å². The van der Waals surface area contributed by atoms with Crippen molar-refractivity contribution in [1.82, 2.24) is 15.8 Å². The molecule has 2 heterocycles. The van der Waals surface area contributed by atoms with Gasteiger partial charge in [0.15, 0.2) is 0 Å². The lowest BCUT2D eigenvalue weighted by Crippen LogP contribution is -2.44. The quantitative estimate of drug-likeness (QED) is 0.411. The highest BCUT2D eigenvalue weighted by molar-refractivity contribution is 5.89. The van der Waals surface area contributed by atoms with E-state index in [1.54, 1.807) is 7.11 Å². The maximum Gasteiger partial charge on any atom is 0.328 e. The Kier molecular flexibility index (Phi) is 8.70. The van der Waals surface area contributed by atoms with Crippen LogP contribution in [0.5, 0.6) is 5.75 Å². The molecular weight excluding hydrogens is 390 g/mol. The molecule has 1 aromatic heterocycles. The van der Waals surface area contributed by atoms with Gasteiger partial charge in [-0.25, -0.2) is 15.0 Å². The third-order valence-electron chi connectivity index (χ3n) is 4.47. The zero-order valence-corrected chi connectivity index (χ0v) is 16.7. The molecule has 0 fully saturated rings. The van der Waals surface area contributed by atoms with Gasteiger partial charge < -0.3 is 25.7 Å². The largest absolute Gasteiger partial charge is 0.497 e. The van der Waals surface area contributed by atoms with Gasteiger partial charge in [-0.2, -0.15) is 0 Å². The Morgan fingerprint density at radius 1 is 1.20 bits per heavy atom. The van der Waals surface area contributed by atoms with Gasteiger partial charge in [-0.05, 0) is 36.6 Å². The number of carbonyl (C=O) groups is 2. The van der Waals surface area contributed by atoms with E-state index in [2.05, 4.69) is 33.1 Å². The lowest BCUT2D eigenvalue weighted by molar-refractivity contribution is -0.134. The van der Waals surface area contributed by atoms with E-state index in [4.69, 9.17) is 20.7 Å². The van der Waals surface area contributed by atoms with Crippen molar-refractivity contribution in [1.29, 1.82) is 0 Å². The highest BCUT2D eigenvalue weighted by atomic mass is 16.5. The number of aliphatic imine (C=N–C) groups is 1. The van der Waals surface area contributed by atoms with E-state index < -0.39 is 11.9 Å². The molecule has 30 heavy (non-hydrogen) atoms. The highest BCUT2D eigenvalue weighted by Gasteiger charge is 2.17. The number of aromatic nitrogens is 1. The summed E-state index contributed by atoms with van der Waals surface area (Å²) >= 11 is 0. The van der Waals surface area contributed by atoms with Crippen LogP contribution in [-0.2, 0) is 9.59 Å². The molecule has 10 nitrogen and oxygen atoms in total. The molecule has 1 aliphatic heterocycles. The van der Waals surface area contributed by atoms with Crippen molar-refractivity contribution >= 4 is 28.8 Å². The smallest absolute Gasteiger partial charge is 0.328 e. The summed E-state index contributed by atoms with van der Waals surface area (Å²) in [5.41, 5.74) is 14.5. The summed E-state index contributed by atoms with van der Waals surface area (Å²) in [6.07, 6.45) is 7.63. The number of guanidine groups is 1. The molecule has 0 amide bonds. The molecule has 0 saturated carbocycles. The van der Waals surface area contributed by atoms with E-state index in [9.17, 15) is 9.59 Å². The molecule has 162 valence electrons. The third kappa shape index (κ3) is 7.13. The predicted octanol–water partition coefficient (Wildman–Crippen LogP) is 1.91. The monoisotopic (exact) mass is 417 g/mol. The number of hydrogen-bond acceptors (Lipinski definition) is 7. The summed E-state index contributed by atoms with van der Waals surface area (Å²) < 4.78 is 5.34. The fourth-order valence-electron chi connectivity index (χ4n) is 3.02. The number of H-pyrrole nitrogens is 1. The van der Waals surface area contributed by atoms with Gasteiger partial charge in [0.2, 0.25) is 5.96 Å². The summed E-state index contributed by atoms with van der Waals surface area (Å²) in [4.78, 5) is 26.7. The Morgan fingerprint density at radius 2 is 1.93 bits per heavy atom. The number of hydrogen-bond donors (Lipinski definition) is 6. The predicted molar refractivity (Wildman–Crippen MR) is 113 cm³/mol. The fraction of sp³-hybridized carbons (Fsp3) is 0.350. The zero-order chi connectivity index (χ0) is 21.9. The molecule has 3 rings (SSSR count). The lowest BCUT2D eigenvalue weighted by Gasteiger charge is -2.20. The van der Waals surface area contributed by atoms with Crippen molar-refractivity contribution in [3.05, 3.63) is 42.1 Å². The number of rotatable bonds is 4. The number of ether oxygens (including phenoxy) is 1. The lowest BCUT2D eigenvalue weighted by atomic mass is 10.00. The van der Waals surface area contributed by atoms with Crippen LogP contribution in [0.15, 0.2) is 41.5 Å². The number of nitrogens with two attached hydrogens (primary N) is 1. The molecular formula is C20H27N5O5. The number of carboxylic acids is 2. The summed E-state index contributed by atoms with van der Waals surface area (Å²) in [7, 11) is 1.69. The number of methoxy groups -OCH3 is 1. The van der Waals surface area contributed by atoms with E-state index in [-0.39, 0.29) is 6.04 Å². The first-order valence-corrected chi connectivity index (χ1v) is 9.51. The van der Waals surface area contributed by atoms with Crippen LogP contribution in [0.2, 0.25) is 0 Å². The Balaban J connectivity index is 0.000000343. The number of fused-ring (bicyclic) bond motifs is 1. The molecule has 0 spiro atoms. The number of hydrazine groups is 1. The minimum atomic E-state index is -1.26. The minimum absolute atomic E-state index is 0.174. The maximum atomic E-state index is 9.55. The molecule has 0 saturated heterocycles. The van der Waals surface area contributed by atoms with Crippen molar-refractivity contribution in [2.75, 3.05) is 13.7 Å². The van der Waals surface area contributed by atoms with E-state index >= 15 is 0 Å². The van der Waals surface area contributed by atoms with Crippen LogP contribution < -0.4 is 21.3 Å². The van der Waals surface area contributed by atoms with Gasteiger partial charge in [-0.1, -0.05) is 12.8 Å². The average Bonchev–Trinajstić information content (AvgIpc) is 3.14. The number of nitrogens with one attached hydrogen (secondary N) is 3. The molecule has 0 bridgehead atoms. The fourth-order valence-corrected chi connectivity index (χ4v) is 3.02. The topological polar surface area (TPSA) is 162 Å². The van der Waals surface area contributed by atoms with Crippen LogP contribution in [-0.4, -0.2) is 46.7 Å². The molecule has 7 N–H and O–H groups in total. The first kappa shape index (κ1) is 22.8. The van der Waals surface area contributed by atoms with Crippen LogP contribution in [0.25, 0.3) is 10.9 Å². The molecule has 0 radical (unpaired) electrons. The van der Waals surface area contributed by atoms with Gasteiger partial charge in [0.1, 0.15) is 5.75 Å². The Morgan fingerprint density at radius 3 is 2.60 bits per heavy atom. The van der Waals surface area contributed by atoms with Gasteiger partial charge in [-0.15, -0.1) is 0 Å². The SMILES string of the molecule is COc1ccc2[nH]cc(C3CCCCCN=C(N)NN3)c2c1.O=C(O)/C=C\C(=O)O.